The molecular formula is C10H16BrN3O. The number of halogens is 1. The molecule has 5 heteroatoms. The molecule has 1 aromatic rings. The Morgan fingerprint density at radius 3 is 2.73 bits per heavy atom. The number of hydrogen-bond donors (Lipinski definition) is 0. The van der Waals surface area contributed by atoms with E-state index in [-0.39, 0.29) is 0 Å². The number of rotatable bonds is 5. The van der Waals surface area contributed by atoms with Crippen molar-refractivity contribution in [1.82, 2.24) is 14.9 Å². The van der Waals surface area contributed by atoms with Crippen molar-refractivity contribution < 1.29 is 4.74 Å². The van der Waals surface area contributed by atoms with E-state index in [1.807, 2.05) is 21.0 Å². The minimum absolute atomic E-state index is 0.635. The Balaban J connectivity index is 2.56. The van der Waals surface area contributed by atoms with Crippen LogP contribution in [-0.4, -0.2) is 42.1 Å². The standard InChI is InChI=1S/C10H16BrN3O/c1-4-9-12-8(11)7-10(13-9)15-6-5-14(2)3/h7H,4-6H2,1-3H3. The van der Waals surface area contributed by atoms with Crippen molar-refractivity contribution in [2.75, 3.05) is 27.2 Å². The third-order valence-electron chi connectivity index (χ3n) is 1.82. The minimum Gasteiger partial charge on any atom is -0.476 e. The zero-order chi connectivity index (χ0) is 11.3. The second kappa shape index (κ2) is 6.02. The Bertz CT molecular complexity index is 318. The van der Waals surface area contributed by atoms with Crippen LogP contribution < -0.4 is 4.74 Å². The van der Waals surface area contributed by atoms with Crippen LogP contribution in [0.2, 0.25) is 0 Å². The molecule has 1 aromatic heterocycles. The Morgan fingerprint density at radius 2 is 2.13 bits per heavy atom. The maximum absolute atomic E-state index is 5.52. The molecule has 15 heavy (non-hydrogen) atoms. The highest BCUT2D eigenvalue weighted by atomic mass is 79.9. The van der Waals surface area contributed by atoms with Gasteiger partial charge in [0.2, 0.25) is 5.88 Å². The predicted molar refractivity (Wildman–Crippen MR) is 63.2 cm³/mol. The van der Waals surface area contributed by atoms with Crippen LogP contribution in [0.25, 0.3) is 0 Å². The number of nitrogens with zero attached hydrogens (tertiary/aromatic N) is 3. The molecule has 0 saturated carbocycles. The summed E-state index contributed by atoms with van der Waals surface area (Å²) < 4.78 is 6.29. The van der Waals surface area contributed by atoms with Gasteiger partial charge in [-0.1, -0.05) is 6.92 Å². The summed E-state index contributed by atoms with van der Waals surface area (Å²) >= 11 is 3.33. The third kappa shape index (κ3) is 4.57. The first-order valence-electron chi connectivity index (χ1n) is 4.92. The Hall–Kier alpha value is -0.680. The van der Waals surface area contributed by atoms with Gasteiger partial charge in [0.05, 0.1) is 0 Å². The first kappa shape index (κ1) is 12.4. The topological polar surface area (TPSA) is 38.2 Å². The van der Waals surface area contributed by atoms with Crippen molar-refractivity contribution in [3.63, 3.8) is 0 Å². The molecule has 0 saturated heterocycles. The lowest BCUT2D eigenvalue weighted by Gasteiger charge is -2.10. The molecule has 0 amide bonds. The fourth-order valence-corrected chi connectivity index (χ4v) is 1.41. The number of likely N-dealkylation sites (N-methyl/N-ethyl adjacent to an activating group) is 1. The van der Waals surface area contributed by atoms with Crippen LogP contribution in [0.1, 0.15) is 12.7 Å². The van der Waals surface area contributed by atoms with Gasteiger partial charge in [0.1, 0.15) is 17.0 Å². The summed E-state index contributed by atoms with van der Waals surface area (Å²) in [6, 6.07) is 1.79. The smallest absolute Gasteiger partial charge is 0.217 e. The van der Waals surface area contributed by atoms with Crippen molar-refractivity contribution in [2.24, 2.45) is 0 Å². The van der Waals surface area contributed by atoms with Crippen molar-refractivity contribution in [3.05, 3.63) is 16.5 Å². The Labute approximate surface area is 98.8 Å². The van der Waals surface area contributed by atoms with Gasteiger partial charge in [-0.2, -0.15) is 4.98 Å². The highest BCUT2D eigenvalue weighted by Gasteiger charge is 2.02. The summed E-state index contributed by atoms with van der Waals surface area (Å²) in [5.74, 6) is 1.43. The largest absolute Gasteiger partial charge is 0.476 e. The number of aryl methyl sites for hydroxylation is 1. The third-order valence-corrected chi connectivity index (χ3v) is 2.23. The molecule has 0 atom stereocenters. The molecule has 0 aliphatic rings. The molecule has 0 fully saturated rings. The van der Waals surface area contributed by atoms with Crippen molar-refractivity contribution >= 4 is 15.9 Å². The highest BCUT2D eigenvalue weighted by molar-refractivity contribution is 9.10. The van der Waals surface area contributed by atoms with E-state index in [4.69, 9.17) is 4.74 Å². The van der Waals surface area contributed by atoms with Gasteiger partial charge in [-0.3, -0.25) is 0 Å². The van der Waals surface area contributed by atoms with Gasteiger partial charge in [0.15, 0.2) is 0 Å². The average Bonchev–Trinajstić information content (AvgIpc) is 2.16. The molecule has 0 aliphatic heterocycles. The number of aromatic nitrogens is 2. The molecule has 0 aliphatic carbocycles. The first-order valence-corrected chi connectivity index (χ1v) is 5.72. The lowest BCUT2D eigenvalue weighted by Crippen LogP contribution is -2.19. The van der Waals surface area contributed by atoms with E-state index >= 15 is 0 Å². The molecular weight excluding hydrogens is 258 g/mol. The molecule has 0 bridgehead atoms. The lowest BCUT2D eigenvalue weighted by atomic mass is 10.4. The summed E-state index contributed by atoms with van der Waals surface area (Å²) in [4.78, 5) is 10.5. The maximum Gasteiger partial charge on any atom is 0.217 e. The van der Waals surface area contributed by atoms with Crippen LogP contribution in [-0.2, 0) is 6.42 Å². The SMILES string of the molecule is CCc1nc(Br)cc(OCCN(C)C)n1. The van der Waals surface area contributed by atoms with Crippen LogP contribution in [0.15, 0.2) is 10.7 Å². The minimum atomic E-state index is 0.635. The fraction of sp³-hybridized carbons (Fsp3) is 0.600. The van der Waals surface area contributed by atoms with E-state index in [9.17, 15) is 0 Å². The Kier molecular flexibility index (Phi) is 4.98. The van der Waals surface area contributed by atoms with Crippen molar-refractivity contribution in [3.8, 4) is 5.88 Å². The van der Waals surface area contributed by atoms with Gasteiger partial charge >= 0.3 is 0 Å². The second-order valence-corrected chi connectivity index (χ2v) is 4.26. The second-order valence-electron chi connectivity index (χ2n) is 3.45. The predicted octanol–water partition coefficient (Wildman–Crippen LogP) is 1.74. The summed E-state index contributed by atoms with van der Waals surface area (Å²) in [6.45, 7) is 3.54. The maximum atomic E-state index is 5.52. The zero-order valence-corrected chi connectivity index (χ0v) is 10.9. The molecule has 0 spiro atoms. The lowest BCUT2D eigenvalue weighted by molar-refractivity contribution is 0.252. The monoisotopic (exact) mass is 273 g/mol. The van der Waals surface area contributed by atoms with Crippen LogP contribution in [0.3, 0.4) is 0 Å². The van der Waals surface area contributed by atoms with E-state index in [1.165, 1.54) is 0 Å². The van der Waals surface area contributed by atoms with E-state index in [1.54, 1.807) is 6.07 Å². The first-order chi connectivity index (χ1) is 7.11. The van der Waals surface area contributed by atoms with Gasteiger partial charge in [-0.25, -0.2) is 4.98 Å². The van der Waals surface area contributed by atoms with Crippen LogP contribution >= 0.6 is 15.9 Å². The van der Waals surface area contributed by atoms with E-state index in [2.05, 4.69) is 30.8 Å². The van der Waals surface area contributed by atoms with E-state index in [0.29, 0.717) is 12.5 Å². The van der Waals surface area contributed by atoms with Crippen molar-refractivity contribution in [2.45, 2.75) is 13.3 Å². The molecule has 4 nitrogen and oxygen atoms in total. The molecule has 0 aromatic carbocycles. The van der Waals surface area contributed by atoms with Crippen LogP contribution in [0.4, 0.5) is 0 Å². The summed E-state index contributed by atoms with van der Waals surface area (Å²) in [7, 11) is 4.02. The molecule has 0 radical (unpaired) electrons. The van der Waals surface area contributed by atoms with Gasteiger partial charge in [-0.05, 0) is 30.0 Å². The van der Waals surface area contributed by atoms with Gasteiger partial charge < -0.3 is 9.64 Å². The van der Waals surface area contributed by atoms with Gasteiger partial charge in [0, 0.05) is 19.0 Å². The number of ether oxygens (including phenoxy) is 1. The summed E-state index contributed by atoms with van der Waals surface area (Å²) in [6.07, 6.45) is 0.809. The van der Waals surface area contributed by atoms with E-state index in [0.717, 1.165) is 23.4 Å². The molecule has 0 unspecified atom stereocenters. The Morgan fingerprint density at radius 1 is 1.40 bits per heavy atom. The average molecular weight is 274 g/mol. The van der Waals surface area contributed by atoms with Crippen LogP contribution in [0, 0.1) is 0 Å². The van der Waals surface area contributed by atoms with E-state index < -0.39 is 0 Å². The summed E-state index contributed by atoms with van der Waals surface area (Å²) in [5.41, 5.74) is 0. The molecule has 84 valence electrons. The molecule has 0 N–H and O–H groups in total. The molecule has 1 heterocycles. The highest BCUT2D eigenvalue weighted by Crippen LogP contribution is 2.14. The van der Waals surface area contributed by atoms with Crippen molar-refractivity contribution in [1.29, 1.82) is 0 Å². The fourth-order valence-electron chi connectivity index (χ4n) is 1.01. The zero-order valence-electron chi connectivity index (χ0n) is 9.33. The number of hydrogen-bond acceptors (Lipinski definition) is 4. The van der Waals surface area contributed by atoms with Gasteiger partial charge in [-0.15, -0.1) is 0 Å². The quantitative estimate of drug-likeness (QED) is 0.767. The normalized spacial score (nSPS) is 10.7. The van der Waals surface area contributed by atoms with Gasteiger partial charge in [0.25, 0.3) is 0 Å². The van der Waals surface area contributed by atoms with Crippen LogP contribution in [0.5, 0.6) is 5.88 Å². The molecule has 1 rings (SSSR count). The summed E-state index contributed by atoms with van der Waals surface area (Å²) in [5, 5.41) is 0.